The Bertz CT molecular complexity index is 265. The van der Waals surface area contributed by atoms with Gasteiger partial charge >= 0.3 is 7.82 Å². The second kappa shape index (κ2) is 13.3. The van der Waals surface area contributed by atoms with Crippen molar-refractivity contribution in [1.29, 1.82) is 0 Å². The van der Waals surface area contributed by atoms with Crippen LogP contribution in [0.5, 0.6) is 0 Å². The lowest BCUT2D eigenvalue weighted by molar-refractivity contribution is 0.200. The molecule has 114 valence electrons. The molecule has 4 nitrogen and oxygen atoms in total. The van der Waals surface area contributed by atoms with Gasteiger partial charge in [-0.3, -0.25) is 4.52 Å². The zero-order valence-electron chi connectivity index (χ0n) is 11.5. The molecule has 0 unspecified atom stereocenters. The Hall–Kier alpha value is 0.330. The van der Waals surface area contributed by atoms with Crippen molar-refractivity contribution in [3.63, 3.8) is 0 Å². The second-order valence-electron chi connectivity index (χ2n) is 4.54. The minimum Gasteiger partial charge on any atom is -0.303 e. The van der Waals surface area contributed by atoms with E-state index in [9.17, 15) is 4.57 Å². The number of rotatable bonds is 13. The van der Waals surface area contributed by atoms with Gasteiger partial charge in [0.1, 0.15) is 0 Å². The highest BCUT2D eigenvalue weighted by atomic mass is 79.9. The molecule has 0 heterocycles. The topological polar surface area (TPSA) is 66.8 Å². The highest BCUT2D eigenvalue weighted by Gasteiger charge is 2.11. The van der Waals surface area contributed by atoms with Gasteiger partial charge in [0.15, 0.2) is 0 Å². The highest BCUT2D eigenvalue weighted by molar-refractivity contribution is 9.09. The third-order valence-corrected chi connectivity index (χ3v) is 3.79. The fraction of sp³-hybridized carbons (Fsp3) is 0.846. The summed E-state index contributed by atoms with van der Waals surface area (Å²) in [6, 6.07) is 0. The molecule has 0 fully saturated rings. The van der Waals surface area contributed by atoms with E-state index in [1.165, 1.54) is 44.9 Å². The number of phosphoric ester groups is 1. The standard InChI is InChI=1S/C13H26BrO4P/c14-12-10-8-6-4-2-1-3-5-7-9-11-13-18-19(15,16)17/h7,9H,1-6,8,10-13H2,(H2,15,16,17)/b9-7-. The lowest BCUT2D eigenvalue weighted by atomic mass is 10.1. The van der Waals surface area contributed by atoms with Gasteiger partial charge in [-0.15, -0.1) is 0 Å². The molecule has 0 saturated carbocycles. The first-order valence-electron chi connectivity index (χ1n) is 6.97. The molecule has 0 saturated heterocycles. The molecular formula is C13H26BrO4P. The Morgan fingerprint density at radius 3 is 2.00 bits per heavy atom. The van der Waals surface area contributed by atoms with E-state index >= 15 is 0 Å². The largest absolute Gasteiger partial charge is 0.469 e. The van der Waals surface area contributed by atoms with Crippen LogP contribution in [-0.2, 0) is 9.09 Å². The summed E-state index contributed by atoms with van der Waals surface area (Å²) in [5.74, 6) is 0. The molecule has 6 heteroatoms. The van der Waals surface area contributed by atoms with Crippen molar-refractivity contribution in [1.82, 2.24) is 0 Å². The van der Waals surface area contributed by atoms with Crippen LogP contribution in [-0.4, -0.2) is 21.7 Å². The quantitative estimate of drug-likeness (QED) is 0.220. The zero-order valence-corrected chi connectivity index (χ0v) is 13.9. The van der Waals surface area contributed by atoms with E-state index in [0.717, 1.165) is 11.8 Å². The van der Waals surface area contributed by atoms with Gasteiger partial charge in [0, 0.05) is 5.33 Å². The van der Waals surface area contributed by atoms with E-state index in [1.807, 2.05) is 6.08 Å². The minimum atomic E-state index is -4.28. The summed E-state index contributed by atoms with van der Waals surface area (Å²) in [7, 11) is -4.28. The average Bonchev–Trinajstić information content (AvgIpc) is 2.34. The van der Waals surface area contributed by atoms with Gasteiger partial charge in [-0.2, -0.15) is 0 Å². The Morgan fingerprint density at radius 1 is 0.895 bits per heavy atom. The molecule has 0 bridgehead atoms. The zero-order chi connectivity index (χ0) is 14.4. The van der Waals surface area contributed by atoms with Crippen LogP contribution in [0.4, 0.5) is 0 Å². The summed E-state index contributed by atoms with van der Waals surface area (Å²) in [4.78, 5) is 16.9. The van der Waals surface area contributed by atoms with Gasteiger partial charge in [-0.25, -0.2) is 4.57 Å². The number of hydrogen-bond acceptors (Lipinski definition) is 2. The average molecular weight is 357 g/mol. The van der Waals surface area contributed by atoms with Crippen LogP contribution < -0.4 is 0 Å². The third-order valence-electron chi connectivity index (χ3n) is 2.72. The van der Waals surface area contributed by atoms with Gasteiger partial charge in [-0.1, -0.05) is 60.2 Å². The summed E-state index contributed by atoms with van der Waals surface area (Å²) in [5.41, 5.74) is 0. The highest BCUT2D eigenvalue weighted by Crippen LogP contribution is 2.35. The van der Waals surface area contributed by atoms with Gasteiger partial charge in [0.25, 0.3) is 0 Å². The number of allylic oxidation sites excluding steroid dienone is 1. The molecule has 0 aromatic rings. The van der Waals surface area contributed by atoms with Crippen LogP contribution in [0, 0.1) is 0 Å². The van der Waals surface area contributed by atoms with Crippen LogP contribution in [0.3, 0.4) is 0 Å². The maximum atomic E-state index is 10.4. The lowest BCUT2D eigenvalue weighted by Gasteiger charge is -2.02. The van der Waals surface area contributed by atoms with Crippen molar-refractivity contribution in [2.75, 3.05) is 11.9 Å². The molecule has 0 atom stereocenters. The van der Waals surface area contributed by atoms with E-state index in [4.69, 9.17) is 9.79 Å². The molecule has 19 heavy (non-hydrogen) atoms. The molecule has 0 radical (unpaired) electrons. The summed E-state index contributed by atoms with van der Waals surface area (Å²) in [6.45, 7) is 0.0777. The van der Waals surface area contributed by atoms with Crippen molar-refractivity contribution in [2.45, 2.75) is 57.8 Å². The first-order chi connectivity index (χ1) is 9.06. The first kappa shape index (κ1) is 19.3. The molecule has 0 aromatic heterocycles. The fourth-order valence-electron chi connectivity index (χ4n) is 1.72. The first-order valence-corrected chi connectivity index (χ1v) is 9.62. The van der Waals surface area contributed by atoms with Crippen molar-refractivity contribution < 1.29 is 18.9 Å². The smallest absolute Gasteiger partial charge is 0.303 e. The number of hydrogen-bond donors (Lipinski definition) is 2. The Balaban J connectivity index is 3.15. The van der Waals surface area contributed by atoms with Crippen molar-refractivity contribution in [2.24, 2.45) is 0 Å². The lowest BCUT2D eigenvalue weighted by Crippen LogP contribution is -1.89. The predicted molar refractivity (Wildman–Crippen MR) is 82.5 cm³/mol. The van der Waals surface area contributed by atoms with Crippen LogP contribution in [0.2, 0.25) is 0 Å². The van der Waals surface area contributed by atoms with Crippen molar-refractivity contribution in [3.8, 4) is 0 Å². The number of halogens is 1. The summed E-state index contributed by atoms with van der Waals surface area (Å²) < 4.78 is 14.7. The van der Waals surface area contributed by atoms with E-state index in [-0.39, 0.29) is 6.61 Å². The second-order valence-corrected chi connectivity index (χ2v) is 6.57. The summed E-state index contributed by atoms with van der Waals surface area (Å²) >= 11 is 3.43. The maximum absolute atomic E-state index is 10.4. The molecule has 2 N–H and O–H groups in total. The molecule has 0 spiro atoms. The van der Waals surface area contributed by atoms with E-state index in [0.29, 0.717) is 6.42 Å². The van der Waals surface area contributed by atoms with Gasteiger partial charge in [0.2, 0.25) is 0 Å². The van der Waals surface area contributed by atoms with Crippen LogP contribution in [0.25, 0.3) is 0 Å². The Morgan fingerprint density at radius 2 is 1.42 bits per heavy atom. The number of alkyl halides is 1. The normalized spacial score (nSPS) is 12.4. The summed E-state index contributed by atoms with van der Waals surface area (Å²) in [6.07, 6.45) is 14.6. The van der Waals surface area contributed by atoms with E-state index in [1.54, 1.807) is 0 Å². The summed E-state index contributed by atoms with van der Waals surface area (Å²) in [5, 5.41) is 1.11. The number of phosphoric acid groups is 1. The number of unbranched alkanes of at least 4 members (excludes halogenated alkanes) is 7. The van der Waals surface area contributed by atoms with Crippen molar-refractivity contribution in [3.05, 3.63) is 12.2 Å². The van der Waals surface area contributed by atoms with Gasteiger partial charge in [-0.05, 0) is 25.7 Å². The predicted octanol–water partition coefficient (Wildman–Crippen LogP) is 4.56. The molecule has 0 aliphatic rings. The Labute approximate surface area is 125 Å². The molecule has 0 aliphatic heterocycles. The van der Waals surface area contributed by atoms with Gasteiger partial charge in [0.05, 0.1) is 6.61 Å². The molecule has 0 amide bonds. The fourth-order valence-corrected chi connectivity index (χ4v) is 2.46. The monoisotopic (exact) mass is 356 g/mol. The van der Waals surface area contributed by atoms with Crippen LogP contribution >= 0.6 is 23.8 Å². The third kappa shape index (κ3) is 18.3. The molecule has 0 aromatic carbocycles. The van der Waals surface area contributed by atoms with Crippen LogP contribution in [0.15, 0.2) is 12.2 Å². The molecule has 0 aliphatic carbocycles. The van der Waals surface area contributed by atoms with E-state index < -0.39 is 7.82 Å². The van der Waals surface area contributed by atoms with Crippen LogP contribution in [0.1, 0.15) is 57.8 Å². The SMILES string of the molecule is O=P(O)(O)OCC/C=C\CCCCCCCCCBr. The molecular weight excluding hydrogens is 331 g/mol. The maximum Gasteiger partial charge on any atom is 0.469 e. The van der Waals surface area contributed by atoms with E-state index in [2.05, 4.69) is 26.5 Å². The van der Waals surface area contributed by atoms with Gasteiger partial charge < -0.3 is 9.79 Å². The Kier molecular flexibility index (Phi) is 13.6. The minimum absolute atomic E-state index is 0.0777. The molecule has 0 rings (SSSR count). The van der Waals surface area contributed by atoms with Crippen molar-refractivity contribution >= 4 is 23.8 Å².